The third-order valence-electron chi connectivity index (χ3n) is 6.63. The van der Waals surface area contributed by atoms with Crippen LogP contribution in [0.25, 0.3) is 5.76 Å². The molecule has 9 nitrogen and oxygen atoms in total. The van der Waals surface area contributed by atoms with Crippen molar-refractivity contribution in [3.05, 3.63) is 75.3 Å². The van der Waals surface area contributed by atoms with Gasteiger partial charge in [0.2, 0.25) is 0 Å². The van der Waals surface area contributed by atoms with E-state index in [4.69, 9.17) is 0 Å². The van der Waals surface area contributed by atoms with Crippen LogP contribution in [0.5, 0.6) is 5.75 Å². The number of aliphatic hydroxyl groups excluding tert-OH is 1. The topological polar surface area (TPSA) is 124 Å². The second-order valence-corrected chi connectivity index (χ2v) is 9.29. The molecule has 0 bridgehead atoms. The zero-order chi connectivity index (χ0) is 26.9. The Labute approximate surface area is 217 Å². The standard InChI is InChI=1S/C28H35N3O6/c1-3-5-16-29(17-6-4-2)18-7-19-30-25(20-10-14-23(32)15-11-20)24(27(34)28(30)35)26(33)21-8-12-22(13-9-21)31(36)37/h8-15,25,32-33H,3-7,16-19H2,1-2H3/b26-24-. The number of nitro benzene ring substituents is 1. The van der Waals surface area contributed by atoms with Crippen molar-refractivity contribution in [3.8, 4) is 5.75 Å². The van der Waals surface area contributed by atoms with Crippen molar-refractivity contribution in [3.63, 3.8) is 0 Å². The maximum Gasteiger partial charge on any atom is 0.295 e. The van der Waals surface area contributed by atoms with Gasteiger partial charge in [-0.05, 0) is 68.7 Å². The van der Waals surface area contributed by atoms with E-state index in [0.29, 0.717) is 18.5 Å². The van der Waals surface area contributed by atoms with Crippen LogP contribution in [0.15, 0.2) is 54.1 Å². The quantitative estimate of drug-likeness (QED) is 0.128. The van der Waals surface area contributed by atoms with Gasteiger partial charge >= 0.3 is 0 Å². The van der Waals surface area contributed by atoms with Crippen molar-refractivity contribution in [1.82, 2.24) is 9.80 Å². The summed E-state index contributed by atoms with van der Waals surface area (Å²) in [6, 6.07) is 10.5. The van der Waals surface area contributed by atoms with E-state index in [2.05, 4.69) is 18.7 Å². The van der Waals surface area contributed by atoms with Crippen LogP contribution in [0.2, 0.25) is 0 Å². The summed E-state index contributed by atoms with van der Waals surface area (Å²) in [6.07, 6.45) is 5.04. The number of nitrogens with zero attached hydrogens (tertiary/aromatic N) is 3. The molecule has 198 valence electrons. The highest BCUT2D eigenvalue weighted by molar-refractivity contribution is 6.46. The predicted molar refractivity (Wildman–Crippen MR) is 141 cm³/mol. The number of amides is 1. The Morgan fingerprint density at radius 2 is 1.51 bits per heavy atom. The number of hydrogen-bond acceptors (Lipinski definition) is 7. The zero-order valence-electron chi connectivity index (χ0n) is 21.4. The molecule has 1 aliphatic rings. The Balaban J connectivity index is 1.92. The lowest BCUT2D eigenvalue weighted by Gasteiger charge is -2.27. The van der Waals surface area contributed by atoms with Crippen LogP contribution < -0.4 is 0 Å². The number of rotatable bonds is 13. The number of Topliss-reactive ketones (excluding diaryl/α,β-unsaturated/α-hetero) is 1. The zero-order valence-corrected chi connectivity index (χ0v) is 21.4. The van der Waals surface area contributed by atoms with Gasteiger partial charge in [-0.25, -0.2) is 0 Å². The van der Waals surface area contributed by atoms with Gasteiger partial charge < -0.3 is 20.0 Å². The molecule has 0 aromatic heterocycles. The highest BCUT2D eigenvalue weighted by atomic mass is 16.6. The number of likely N-dealkylation sites (tertiary alicyclic amines) is 1. The van der Waals surface area contributed by atoms with Gasteiger partial charge in [-0.15, -0.1) is 0 Å². The molecule has 0 spiro atoms. The summed E-state index contributed by atoms with van der Waals surface area (Å²) < 4.78 is 0. The number of hydrogen-bond donors (Lipinski definition) is 2. The maximum absolute atomic E-state index is 13.2. The van der Waals surface area contributed by atoms with Crippen molar-refractivity contribution in [1.29, 1.82) is 0 Å². The molecule has 1 amide bonds. The van der Waals surface area contributed by atoms with E-state index in [1.54, 1.807) is 12.1 Å². The van der Waals surface area contributed by atoms with Crippen molar-refractivity contribution >= 4 is 23.1 Å². The monoisotopic (exact) mass is 509 g/mol. The molecule has 0 aliphatic carbocycles. The predicted octanol–water partition coefficient (Wildman–Crippen LogP) is 5.01. The van der Waals surface area contributed by atoms with E-state index < -0.39 is 22.7 Å². The van der Waals surface area contributed by atoms with E-state index in [1.165, 1.54) is 41.3 Å². The molecule has 0 radical (unpaired) electrons. The number of aliphatic hydroxyl groups is 1. The third kappa shape index (κ3) is 6.74. The number of non-ortho nitro benzene ring substituents is 1. The van der Waals surface area contributed by atoms with E-state index in [0.717, 1.165) is 45.3 Å². The molecule has 1 unspecified atom stereocenters. The van der Waals surface area contributed by atoms with Crippen LogP contribution in [0.3, 0.4) is 0 Å². The van der Waals surface area contributed by atoms with Gasteiger partial charge in [0.15, 0.2) is 0 Å². The molecule has 1 heterocycles. The van der Waals surface area contributed by atoms with Crippen molar-refractivity contribution < 1.29 is 24.7 Å². The van der Waals surface area contributed by atoms with Crippen molar-refractivity contribution in [2.45, 2.75) is 52.0 Å². The molecule has 2 N–H and O–H groups in total. The molecular weight excluding hydrogens is 474 g/mol. The minimum Gasteiger partial charge on any atom is -0.508 e. The molecule has 2 aromatic rings. The molecular formula is C28H35N3O6. The van der Waals surface area contributed by atoms with Crippen LogP contribution in [-0.4, -0.2) is 62.8 Å². The summed E-state index contributed by atoms with van der Waals surface area (Å²) in [5, 5.41) is 31.9. The summed E-state index contributed by atoms with van der Waals surface area (Å²) >= 11 is 0. The Kier molecular flexibility index (Phi) is 9.79. The van der Waals surface area contributed by atoms with E-state index in [1.807, 2.05) is 0 Å². The number of unbranched alkanes of at least 4 members (excludes halogenated alkanes) is 2. The fraction of sp³-hybridized carbons (Fsp3) is 0.429. The minimum atomic E-state index is -0.837. The van der Waals surface area contributed by atoms with Gasteiger partial charge in [0.1, 0.15) is 11.5 Å². The first-order valence-corrected chi connectivity index (χ1v) is 12.8. The Bertz CT molecular complexity index is 1120. The minimum absolute atomic E-state index is 0.0403. The SMILES string of the molecule is CCCCN(CCCC)CCCN1C(=O)C(=O)/C(=C(\O)c2ccc([N+](=O)[O-])cc2)C1c1ccc(O)cc1. The second-order valence-electron chi connectivity index (χ2n) is 9.29. The first-order chi connectivity index (χ1) is 17.8. The van der Waals surface area contributed by atoms with Crippen molar-refractivity contribution in [2.75, 3.05) is 26.2 Å². The Hall–Kier alpha value is -3.72. The van der Waals surface area contributed by atoms with E-state index in [9.17, 15) is 29.9 Å². The number of aromatic hydroxyl groups is 1. The molecule has 3 rings (SSSR count). The molecule has 9 heteroatoms. The van der Waals surface area contributed by atoms with Crippen molar-refractivity contribution in [2.24, 2.45) is 0 Å². The third-order valence-corrected chi connectivity index (χ3v) is 6.63. The molecule has 1 aliphatic heterocycles. The van der Waals surface area contributed by atoms with Gasteiger partial charge in [0.25, 0.3) is 17.4 Å². The van der Waals surface area contributed by atoms with Crippen LogP contribution in [0, 0.1) is 10.1 Å². The molecule has 2 aromatic carbocycles. The highest BCUT2D eigenvalue weighted by Gasteiger charge is 2.45. The van der Waals surface area contributed by atoms with Gasteiger partial charge in [0, 0.05) is 24.2 Å². The number of benzene rings is 2. The molecule has 1 atom stereocenters. The first kappa shape index (κ1) is 27.9. The number of phenolic OH excluding ortho intramolecular Hbond substituents is 1. The fourth-order valence-corrected chi connectivity index (χ4v) is 4.57. The molecule has 37 heavy (non-hydrogen) atoms. The fourth-order valence-electron chi connectivity index (χ4n) is 4.57. The lowest BCUT2D eigenvalue weighted by atomic mass is 9.95. The number of nitro groups is 1. The second kappa shape index (κ2) is 13.0. The molecule has 1 saturated heterocycles. The lowest BCUT2D eigenvalue weighted by Crippen LogP contribution is -2.34. The first-order valence-electron chi connectivity index (χ1n) is 12.8. The van der Waals surface area contributed by atoms with Gasteiger partial charge in [-0.1, -0.05) is 38.8 Å². The average Bonchev–Trinajstić information content (AvgIpc) is 3.15. The Morgan fingerprint density at radius 1 is 0.946 bits per heavy atom. The maximum atomic E-state index is 13.2. The summed E-state index contributed by atoms with van der Waals surface area (Å²) in [6.45, 7) is 7.38. The van der Waals surface area contributed by atoms with Crippen LogP contribution in [0.4, 0.5) is 5.69 Å². The number of carbonyl (C=O) groups excluding carboxylic acids is 2. The largest absolute Gasteiger partial charge is 0.508 e. The van der Waals surface area contributed by atoms with Crippen LogP contribution in [0.1, 0.15) is 63.1 Å². The number of carbonyl (C=O) groups is 2. The van der Waals surface area contributed by atoms with Gasteiger partial charge in [-0.3, -0.25) is 19.7 Å². The average molecular weight is 510 g/mol. The Morgan fingerprint density at radius 3 is 2.05 bits per heavy atom. The smallest absolute Gasteiger partial charge is 0.295 e. The lowest BCUT2D eigenvalue weighted by molar-refractivity contribution is -0.384. The summed E-state index contributed by atoms with van der Waals surface area (Å²) in [7, 11) is 0. The van der Waals surface area contributed by atoms with Gasteiger partial charge in [0.05, 0.1) is 16.5 Å². The number of phenols is 1. The van der Waals surface area contributed by atoms with Gasteiger partial charge in [-0.2, -0.15) is 0 Å². The summed E-state index contributed by atoms with van der Waals surface area (Å²) in [5.41, 5.74) is 0.563. The molecule has 1 fully saturated rings. The molecule has 0 saturated carbocycles. The van der Waals surface area contributed by atoms with E-state index >= 15 is 0 Å². The van der Waals surface area contributed by atoms with E-state index in [-0.39, 0.29) is 28.3 Å². The normalized spacial score (nSPS) is 17.1. The highest BCUT2D eigenvalue weighted by Crippen LogP contribution is 2.40. The number of ketones is 1. The summed E-state index contributed by atoms with van der Waals surface area (Å²) in [4.78, 5) is 40.6. The van der Waals surface area contributed by atoms with Crippen LogP contribution >= 0.6 is 0 Å². The summed E-state index contributed by atoms with van der Waals surface area (Å²) in [5.74, 6) is -1.85. The van der Waals surface area contributed by atoms with Crippen LogP contribution in [-0.2, 0) is 9.59 Å².